The predicted molar refractivity (Wildman–Crippen MR) is 67.9 cm³/mol. The van der Waals surface area contributed by atoms with Crippen LogP contribution in [0.1, 0.15) is 22.5 Å². The van der Waals surface area contributed by atoms with Crippen LogP contribution in [0.4, 0.5) is 5.82 Å². The second-order valence-electron chi connectivity index (χ2n) is 4.01. The minimum Gasteiger partial charge on any atom is -0.478 e. The molecule has 0 fully saturated rings. The summed E-state index contributed by atoms with van der Waals surface area (Å²) in [5.74, 6) is -0.495. The maximum Gasteiger partial charge on any atom is 0.335 e. The number of anilines is 1. The number of nitrogens with zero attached hydrogens (tertiary/aromatic N) is 2. The Morgan fingerprint density at radius 2 is 2.11 bits per heavy atom. The molecule has 1 amide bonds. The number of rotatable bonds is 5. The number of aromatic carboxylic acids is 1. The van der Waals surface area contributed by atoms with Crippen molar-refractivity contribution in [1.82, 2.24) is 10.3 Å². The largest absolute Gasteiger partial charge is 0.478 e. The third-order valence-electron chi connectivity index (χ3n) is 2.53. The Kier molecular flexibility index (Phi) is 4.65. The first-order valence-electron chi connectivity index (χ1n) is 5.57. The van der Waals surface area contributed by atoms with Crippen LogP contribution in [0.15, 0.2) is 12.1 Å². The molecule has 18 heavy (non-hydrogen) atoms. The average molecular weight is 251 g/mol. The fourth-order valence-electron chi connectivity index (χ4n) is 1.48. The molecule has 0 aliphatic carbocycles. The second kappa shape index (κ2) is 6.00. The van der Waals surface area contributed by atoms with Gasteiger partial charge in [0, 0.05) is 32.8 Å². The van der Waals surface area contributed by atoms with Crippen LogP contribution in [0.25, 0.3) is 0 Å². The molecule has 0 saturated heterocycles. The van der Waals surface area contributed by atoms with Gasteiger partial charge in [0.05, 0.1) is 5.56 Å². The van der Waals surface area contributed by atoms with Gasteiger partial charge in [-0.3, -0.25) is 4.79 Å². The lowest BCUT2D eigenvalue weighted by molar-refractivity contribution is -0.120. The number of amides is 1. The number of carbonyl (C=O) groups is 2. The Balaban J connectivity index is 2.82. The summed E-state index contributed by atoms with van der Waals surface area (Å²) < 4.78 is 0. The van der Waals surface area contributed by atoms with E-state index in [2.05, 4.69) is 10.3 Å². The molecular weight excluding hydrogens is 234 g/mol. The minimum atomic E-state index is -0.985. The quantitative estimate of drug-likeness (QED) is 0.803. The van der Waals surface area contributed by atoms with E-state index < -0.39 is 5.97 Å². The summed E-state index contributed by atoms with van der Waals surface area (Å²) in [5.41, 5.74) is 0.834. The summed E-state index contributed by atoms with van der Waals surface area (Å²) >= 11 is 0. The van der Waals surface area contributed by atoms with E-state index in [-0.39, 0.29) is 11.5 Å². The van der Waals surface area contributed by atoms with Crippen molar-refractivity contribution in [2.75, 3.05) is 25.5 Å². The van der Waals surface area contributed by atoms with Gasteiger partial charge in [-0.15, -0.1) is 0 Å². The van der Waals surface area contributed by atoms with Crippen LogP contribution in [0, 0.1) is 6.92 Å². The molecule has 6 heteroatoms. The van der Waals surface area contributed by atoms with Crippen molar-refractivity contribution >= 4 is 17.7 Å². The average Bonchev–Trinajstić information content (AvgIpc) is 2.34. The second-order valence-corrected chi connectivity index (χ2v) is 4.01. The molecule has 1 rings (SSSR count). The number of aromatic nitrogens is 1. The lowest BCUT2D eigenvalue weighted by atomic mass is 10.2. The molecule has 0 bridgehead atoms. The summed E-state index contributed by atoms with van der Waals surface area (Å²) in [6.07, 6.45) is 0.338. The third-order valence-corrected chi connectivity index (χ3v) is 2.53. The van der Waals surface area contributed by atoms with Crippen molar-refractivity contribution in [3.05, 3.63) is 23.4 Å². The molecule has 0 radical (unpaired) electrons. The lowest BCUT2D eigenvalue weighted by Gasteiger charge is -2.18. The number of hydrogen-bond donors (Lipinski definition) is 2. The van der Waals surface area contributed by atoms with Crippen LogP contribution in [0.5, 0.6) is 0 Å². The van der Waals surface area contributed by atoms with Crippen LogP contribution in [-0.4, -0.2) is 42.6 Å². The summed E-state index contributed by atoms with van der Waals surface area (Å²) in [4.78, 5) is 28.1. The monoisotopic (exact) mass is 251 g/mol. The van der Waals surface area contributed by atoms with Crippen molar-refractivity contribution in [3.8, 4) is 0 Å². The molecular formula is C12H17N3O3. The van der Waals surface area contributed by atoms with Gasteiger partial charge < -0.3 is 15.3 Å². The van der Waals surface area contributed by atoms with Crippen LogP contribution < -0.4 is 10.2 Å². The first-order chi connectivity index (χ1) is 8.43. The van der Waals surface area contributed by atoms with Crippen LogP contribution in [-0.2, 0) is 4.79 Å². The fourth-order valence-corrected chi connectivity index (χ4v) is 1.48. The zero-order valence-electron chi connectivity index (χ0n) is 10.7. The molecule has 6 nitrogen and oxygen atoms in total. The summed E-state index contributed by atoms with van der Waals surface area (Å²) in [5, 5.41) is 11.5. The number of carbonyl (C=O) groups excluding carboxylic acids is 1. The highest BCUT2D eigenvalue weighted by atomic mass is 16.4. The molecule has 0 spiro atoms. The van der Waals surface area contributed by atoms with Crippen molar-refractivity contribution in [3.63, 3.8) is 0 Å². The van der Waals surface area contributed by atoms with E-state index in [4.69, 9.17) is 5.11 Å². The molecule has 1 heterocycles. The molecule has 0 unspecified atom stereocenters. The maximum absolute atomic E-state index is 11.1. The highest BCUT2D eigenvalue weighted by Gasteiger charge is 2.10. The number of aryl methyl sites for hydroxylation is 1. The summed E-state index contributed by atoms with van der Waals surface area (Å²) in [6.45, 7) is 2.22. The topological polar surface area (TPSA) is 82.5 Å². The van der Waals surface area contributed by atoms with Crippen LogP contribution in [0.3, 0.4) is 0 Å². The molecule has 98 valence electrons. The first-order valence-corrected chi connectivity index (χ1v) is 5.57. The van der Waals surface area contributed by atoms with Gasteiger partial charge in [-0.25, -0.2) is 9.78 Å². The number of carboxylic acids is 1. The molecule has 1 aromatic heterocycles. The van der Waals surface area contributed by atoms with Gasteiger partial charge in [0.2, 0.25) is 5.91 Å². The minimum absolute atomic E-state index is 0.0621. The van der Waals surface area contributed by atoms with E-state index in [1.54, 1.807) is 25.9 Å². The zero-order valence-corrected chi connectivity index (χ0v) is 10.7. The Bertz CT molecular complexity index is 460. The SMILES string of the molecule is CNC(=O)CCN(C)c1cc(C(=O)O)cc(C)n1. The highest BCUT2D eigenvalue weighted by molar-refractivity contribution is 5.88. The summed E-state index contributed by atoms with van der Waals surface area (Å²) in [6, 6.07) is 3.01. The van der Waals surface area contributed by atoms with Gasteiger partial charge in [0.15, 0.2) is 0 Å². The molecule has 1 aromatic rings. The number of hydrogen-bond acceptors (Lipinski definition) is 4. The molecule has 2 N–H and O–H groups in total. The van der Waals surface area contributed by atoms with E-state index >= 15 is 0 Å². The third kappa shape index (κ3) is 3.73. The Hall–Kier alpha value is -2.11. The van der Waals surface area contributed by atoms with Crippen LogP contribution >= 0.6 is 0 Å². The molecule has 0 aromatic carbocycles. The van der Waals surface area contributed by atoms with E-state index in [9.17, 15) is 9.59 Å². The maximum atomic E-state index is 11.1. The van der Waals surface area contributed by atoms with Gasteiger partial charge >= 0.3 is 5.97 Å². The van der Waals surface area contributed by atoms with Gasteiger partial charge in [0.25, 0.3) is 0 Å². The lowest BCUT2D eigenvalue weighted by Crippen LogP contribution is -2.27. The predicted octanol–water partition coefficient (Wildman–Crippen LogP) is 0.661. The smallest absolute Gasteiger partial charge is 0.335 e. The Morgan fingerprint density at radius 3 is 2.67 bits per heavy atom. The molecule has 0 aliphatic rings. The zero-order chi connectivity index (χ0) is 13.7. The summed E-state index contributed by atoms with van der Waals surface area (Å²) in [7, 11) is 3.35. The number of pyridine rings is 1. The normalized spacial score (nSPS) is 9.94. The van der Waals surface area contributed by atoms with Crippen molar-refractivity contribution in [2.24, 2.45) is 0 Å². The van der Waals surface area contributed by atoms with Gasteiger partial charge in [-0.1, -0.05) is 0 Å². The van der Waals surface area contributed by atoms with Gasteiger partial charge in [-0.2, -0.15) is 0 Å². The van der Waals surface area contributed by atoms with E-state index in [0.717, 1.165) is 0 Å². The number of nitrogens with one attached hydrogen (secondary N) is 1. The molecule has 0 atom stereocenters. The van der Waals surface area contributed by atoms with Crippen molar-refractivity contribution < 1.29 is 14.7 Å². The fraction of sp³-hybridized carbons (Fsp3) is 0.417. The number of carboxylic acid groups (broad SMARTS) is 1. The van der Waals surface area contributed by atoms with Crippen molar-refractivity contribution in [1.29, 1.82) is 0 Å². The van der Waals surface area contributed by atoms with E-state index in [1.807, 2.05) is 0 Å². The van der Waals surface area contributed by atoms with Crippen LogP contribution in [0.2, 0.25) is 0 Å². The Labute approximate surface area is 106 Å². The molecule has 0 saturated carbocycles. The van der Waals surface area contributed by atoms with Gasteiger partial charge in [-0.05, 0) is 19.1 Å². The first kappa shape index (κ1) is 14.0. The van der Waals surface area contributed by atoms with Gasteiger partial charge in [0.1, 0.15) is 5.82 Å². The Morgan fingerprint density at radius 1 is 1.44 bits per heavy atom. The molecule has 0 aliphatic heterocycles. The standard InChI is InChI=1S/C12H17N3O3/c1-8-6-9(12(17)18)7-10(14-8)15(3)5-4-11(16)13-2/h6-7H,4-5H2,1-3H3,(H,13,16)(H,17,18). The highest BCUT2D eigenvalue weighted by Crippen LogP contribution is 2.14. The van der Waals surface area contributed by atoms with Crippen molar-refractivity contribution in [2.45, 2.75) is 13.3 Å². The van der Waals surface area contributed by atoms with E-state index in [1.165, 1.54) is 12.1 Å². The van der Waals surface area contributed by atoms with E-state index in [0.29, 0.717) is 24.5 Å².